The van der Waals surface area contributed by atoms with Gasteiger partial charge in [-0.2, -0.15) is 0 Å². The zero-order chi connectivity index (χ0) is 13.1. The van der Waals surface area contributed by atoms with E-state index in [0.29, 0.717) is 23.0 Å². The Balaban J connectivity index is 1.60. The Labute approximate surface area is 115 Å². The number of aromatic nitrogens is 2. The number of hydrogen-bond donors (Lipinski definition) is 2. The summed E-state index contributed by atoms with van der Waals surface area (Å²) in [5.41, 5.74) is 0.740. The van der Waals surface area contributed by atoms with Gasteiger partial charge in [0.15, 0.2) is 0 Å². The van der Waals surface area contributed by atoms with E-state index in [4.69, 9.17) is 4.74 Å². The Morgan fingerprint density at radius 1 is 1.58 bits per heavy atom. The molecule has 0 bridgehead atoms. The lowest BCUT2D eigenvalue weighted by Crippen LogP contribution is -2.29. The summed E-state index contributed by atoms with van der Waals surface area (Å²) in [5, 5.41) is 5.24. The van der Waals surface area contributed by atoms with Crippen molar-refractivity contribution >= 4 is 21.6 Å². The second-order valence-corrected chi connectivity index (χ2v) is 5.78. The highest BCUT2D eigenvalue weighted by Crippen LogP contribution is 2.14. The van der Waals surface area contributed by atoms with Crippen molar-refractivity contribution in [3.05, 3.63) is 27.6 Å². The van der Waals surface area contributed by atoms with Crippen molar-refractivity contribution in [2.45, 2.75) is 19.4 Å². The van der Waals surface area contributed by atoms with Crippen molar-refractivity contribution in [3.63, 3.8) is 0 Å². The topological polar surface area (TPSA) is 67.0 Å². The van der Waals surface area contributed by atoms with Crippen LogP contribution in [0.2, 0.25) is 0 Å². The maximum atomic E-state index is 11.8. The third-order valence-corrected chi connectivity index (χ3v) is 4.25. The van der Waals surface area contributed by atoms with Crippen molar-refractivity contribution in [2.75, 3.05) is 19.8 Å². The molecule has 0 amide bonds. The van der Waals surface area contributed by atoms with E-state index in [1.165, 1.54) is 17.8 Å². The average molecular weight is 279 g/mol. The van der Waals surface area contributed by atoms with Crippen molar-refractivity contribution in [1.29, 1.82) is 0 Å². The molecule has 3 rings (SSSR count). The molecule has 102 valence electrons. The van der Waals surface area contributed by atoms with Crippen molar-refractivity contribution in [3.8, 4) is 0 Å². The van der Waals surface area contributed by atoms with E-state index < -0.39 is 0 Å². The third-order valence-electron chi connectivity index (χ3n) is 3.34. The quantitative estimate of drug-likeness (QED) is 0.890. The van der Waals surface area contributed by atoms with Gasteiger partial charge in [0.25, 0.3) is 5.56 Å². The summed E-state index contributed by atoms with van der Waals surface area (Å²) in [6.07, 6.45) is 2.35. The molecule has 19 heavy (non-hydrogen) atoms. The molecular formula is C13H17N3O2S. The summed E-state index contributed by atoms with van der Waals surface area (Å²) < 4.78 is 6.14. The molecule has 0 radical (unpaired) electrons. The molecule has 0 saturated carbocycles. The fraction of sp³-hybridized carbons (Fsp3) is 0.538. The highest BCUT2D eigenvalue weighted by molar-refractivity contribution is 7.17. The fourth-order valence-corrected chi connectivity index (χ4v) is 3.09. The number of nitrogens with one attached hydrogen (secondary N) is 2. The van der Waals surface area contributed by atoms with Crippen LogP contribution in [0.3, 0.4) is 0 Å². The van der Waals surface area contributed by atoms with Gasteiger partial charge in [0.05, 0.1) is 18.7 Å². The molecule has 1 saturated heterocycles. The van der Waals surface area contributed by atoms with Crippen LogP contribution < -0.4 is 10.9 Å². The Morgan fingerprint density at radius 2 is 2.53 bits per heavy atom. The van der Waals surface area contributed by atoms with Gasteiger partial charge in [0, 0.05) is 13.2 Å². The van der Waals surface area contributed by atoms with E-state index in [0.717, 1.165) is 31.7 Å². The first kappa shape index (κ1) is 12.8. The lowest BCUT2D eigenvalue weighted by molar-refractivity contribution is 0.0547. The summed E-state index contributed by atoms with van der Waals surface area (Å²) >= 11 is 1.43. The molecule has 1 aliphatic rings. The van der Waals surface area contributed by atoms with Crippen LogP contribution in [0.1, 0.15) is 18.7 Å². The summed E-state index contributed by atoms with van der Waals surface area (Å²) in [4.78, 5) is 19.1. The molecule has 5 nitrogen and oxygen atoms in total. The Kier molecular flexibility index (Phi) is 3.91. The van der Waals surface area contributed by atoms with Crippen LogP contribution in [-0.2, 0) is 11.3 Å². The maximum absolute atomic E-state index is 11.8. The number of nitrogens with zero attached hydrogens (tertiary/aromatic N) is 1. The number of aromatic amines is 1. The summed E-state index contributed by atoms with van der Waals surface area (Å²) in [7, 11) is 0. The van der Waals surface area contributed by atoms with Crippen LogP contribution in [0.4, 0.5) is 0 Å². The van der Waals surface area contributed by atoms with Gasteiger partial charge < -0.3 is 15.0 Å². The summed E-state index contributed by atoms with van der Waals surface area (Å²) in [6, 6.07) is 1.88. The minimum Gasteiger partial charge on any atom is -0.381 e. The predicted octanol–water partition coefficient (Wildman–Crippen LogP) is 1.50. The number of hydrogen-bond acceptors (Lipinski definition) is 5. The number of thiophene rings is 1. The zero-order valence-corrected chi connectivity index (χ0v) is 11.5. The number of rotatable bonds is 4. The van der Waals surface area contributed by atoms with Crippen molar-refractivity contribution < 1.29 is 4.74 Å². The first-order valence-electron chi connectivity index (χ1n) is 6.58. The van der Waals surface area contributed by atoms with Gasteiger partial charge in [0.1, 0.15) is 10.5 Å². The normalized spacial score (nSPS) is 19.9. The fourth-order valence-electron chi connectivity index (χ4n) is 2.37. The monoisotopic (exact) mass is 279 g/mol. The maximum Gasteiger partial charge on any atom is 0.268 e. The smallest absolute Gasteiger partial charge is 0.268 e. The van der Waals surface area contributed by atoms with Crippen molar-refractivity contribution in [2.24, 2.45) is 5.92 Å². The molecule has 1 aliphatic heterocycles. The van der Waals surface area contributed by atoms with Crippen LogP contribution >= 0.6 is 11.3 Å². The molecule has 0 aromatic carbocycles. The highest BCUT2D eigenvalue weighted by atomic mass is 32.1. The van der Waals surface area contributed by atoms with Gasteiger partial charge in [-0.1, -0.05) is 0 Å². The largest absolute Gasteiger partial charge is 0.381 e. The minimum atomic E-state index is -0.0437. The van der Waals surface area contributed by atoms with Gasteiger partial charge in [-0.3, -0.25) is 4.79 Å². The molecule has 2 aromatic rings. The van der Waals surface area contributed by atoms with E-state index in [1.807, 2.05) is 11.4 Å². The van der Waals surface area contributed by atoms with Gasteiger partial charge in [-0.15, -0.1) is 11.3 Å². The zero-order valence-electron chi connectivity index (χ0n) is 10.6. The molecule has 1 unspecified atom stereocenters. The van der Waals surface area contributed by atoms with Crippen LogP contribution in [0.15, 0.2) is 16.2 Å². The molecule has 6 heteroatoms. The van der Waals surface area contributed by atoms with Gasteiger partial charge in [0.2, 0.25) is 0 Å². The number of H-pyrrole nitrogens is 1. The second-order valence-electron chi connectivity index (χ2n) is 4.86. The lowest BCUT2D eigenvalue weighted by atomic mass is 10.0. The van der Waals surface area contributed by atoms with Crippen LogP contribution in [0.5, 0.6) is 0 Å². The lowest BCUT2D eigenvalue weighted by Gasteiger charge is -2.22. The highest BCUT2D eigenvalue weighted by Gasteiger charge is 2.13. The molecule has 3 heterocycles. The van der Waals surface area contributed by atoms with Gasteiger partial charge >= 0.3 is 0 Å². The predicted molar refractivity (Wildman–Crippen MR) is 75.5 cm³/mol. The second kappa shape index (κ2) is 5.81. The van der Waals surface area contributed by atoms with E-state index in [9.17, 15) is 4.79 Å². The molecule has 0 spiro atoms. The van der Waals surface area contributed by atoms with E-state index in [-0.39, 0.29) is 5.56 Å². The average Bonchev–Trinajstić information content (AvgIpc) is 2.89. The first-order valence-corrected chi connectivity index (χ1v) is 7.46. The standard InChI is InChI=1S/C13H17N3O2S/c17-13-12-10(3-5-19-12)15-11(16-13)7-14-6-9-2-1-4-18-8-9/h3,5,9,14H,1-2,4,6-8H2,(H,15,16,17). The molecule has 2 N–H and O–H groups in total. The Bertz CT molecular complexity index is 601. The van der Waals surface area contributed by atoms with E-state index in [2.05, 4.69) is 15.3 Å². The Morgan fingerprint density at radius 3 is 3.37 bits per heavy atom. The number of fused-ring (bicyclic) bond motifs is 1. The summed E-state index contributed by atoms with van der Waals surface area (Å²) in [6.45, 7) is 3.23. The molecule has 1 atom stereocenters. The minimum absolute atomic E-state index is 0.0437. The SMILES string of the molecule is O=c1[nH]c(CNCC2CCCOC2)nc2ccsc12. The van der Waals surface area contributed by atoms with E-state index >= 15 is 0 Å². The Hall–Kier alpha value is -1.24. The third kappa shape index (κ3) is 3.02. The first-order chi connectivity index (χ1) is 9.33. The van der Waals surface area contributed by atoms with Crippen LogP contribution in [0, 0.1) is 5.92 Å². The molecule has 1 fully saturated rings. The molecular weight excluding hydrogens is 262 g/mol. The van der Waals surface area contributed by atoms with Gasteiger partial charge in [-0.25, -0.2) is 4.98 Å². The van der Waals surface area contributed by atoms with Crippen LogP contribution in [-0.4, -0.2) is 29.7 Å². The molecule has 2 aromatic heterocycles. The van der Waals surface area contributed by atoms with Gasteiger partial charge in [-0.05, 0) is 30.2 Å². The van der Waals surface area contributed by atoms with Crippen molar-refractivity contribution in [1.82, 2.24) is 15.3 Å². The summed E-state index contributed by atoms with van der Waals surface area (Å²) in [5.74, 6) is 1.28. The van der Waals surface area contributed by atoms with Crippen LogP contribution in [0.25, 0.3) is 10.2 Å². The number of ether oxygens (including phenoxy) is 1. The van der Waals surface area contributed by atoms with E-state index in [1.54, 1.807) is 0 Å². The molecule has 0 aliphatic carbocycles.